The number of halogens is 4. The van der Waals surface area contributed by atoms with Gasteiger partial charge in [0, 0.05) is 11.6 Å². The zero-order valence-electron chi connectivity index (χ0n) is 12.9. The summed E-state index contributed by atoms with van der Waals surface area (Å²) in [5.41, 5.74) is 3.64. The molecule has 0 radical (unpaired) electrons. The number of hydrogen-bond donors (Lipinski definition) is 1. The molecule has 0 amide bonds. The molecule has 0 saturated heterocycles. The smallest absolute Gasteiger partial charge is 0.387 e. The number of nitrogens with zero attached hydrogens (tertiary/aromatic N) is 2. The van der Waals surface area contributed by atoms with E-state index in [0.29, 0.717) is 5.13 Å². The minimum absolute atomic E-state index is 0.153. The van der Waals surface area contributed by atoms with E-state index in [1.54, 1.807) is 0 Å². The second-order valence-corrected chi connectivity index (χ2v) is 5.84. The molecule has 1 N–H and O–H groups in total. The number of hydrogen-bond acceptors (Lipinski definition) is 6. The zero-order valence-corrected chi connectivity index (χ0v) is 13.7. The lowest BCUT2D eigenvalue weighted by atomic mass is 10.2. The number of rotatable bonds is 7. The molecule has 0 aliphatic rings. The van der Waals surface area contributed by atoms with Crippen LogP contribution in [-0.4, -0.2) is 24.4 Å². The Morgan fingerprint density at radius 3 is 2.54 bits per heavy atom. The van der Waals surface area contributed by atoms with Crippen LogP contribution in [0, 0.1) is 0 Å². The van der Waals surface area contributed by atoms with E-state index in [2.05, 4.69) is 25.0 Å². The highest BCUT2D eigenvalue weighted by Gasteiger charge is 2.12. The second kappa shape index (κ2) is 8.00. The Labute approximate surface area is 148 Å². The Bertz CT molecular complexity index is 884. The number of anilines is 1. The van der Waals surface area contributed by atoms with Crippen LogP contribution in [0.3, 0.4) is 0 Å². The van der Waals surface area contributed by atoms with Gasteiger partial charge in [0.05, 0.1) is 16.4 Å². The summed E-state index contributed by atoms with van der Waals surface area (Å²) in [6, 6.07) is 10.9. The Kier molecular flexibility index (Phi) is 5.52. The minimum atomic E-state index is -3.12. The maximum Gasteiger partial charge on any atom is 0.387 e. The number of alkyl halides is 4. The number of hydrazone groups is 1. The number of ether oxygens (including phenoxy) is 2. The molecule has 0 fully saturated rings. The van der Waals surface area contributed by atoms with Crippen LogP contribution in [0.25, 0.3) is 10.2 Å². The van der Waals surface area contributed by atoms with E-state index in [4.69, 9.17) is 0 Å². The molecular formula is C16H11F4N3O2S. The Hall–Kier alpha value is -2.88. The van der Waals surface area contributed by atoms with Crippen LogP contribution >= 0.6 is 11.3 Å². The SMILES string of the molecule is FC(F)Oc1ccc(/C=N/Nc2nc3ccccc3s2)c(OC(F)F)c1. The van der Waals surface area contributed by atoms with Crippen molar-refractivity contribution in [3.63, 3.8) is 0 Å². The third-order valence-electron chi connectivity index (χ3n) is 3.08. The summed E-state index contributed by atoms with van der Waals surface area (Å²) in [7, 11) is 0. The van der Waals surface area contributed by atoms with Gasteiger partial charge in [-0.1, -0.05) is 23.5 Å². The van der Waals surface area contributed by atoms with E-state index in [1.807, 2.05) is 24.3 Å². The highest BCUT2D eigenvalue weighted by molar-refractivity contribution is 7.22. The fourth-order valence-electron chi connectivity index (χ4n) is 2.07. The lowest BCUT2D eigenvalue weighted by Gasteiger charge is -2.10. The van der Waals surface area contributed by atoms with Crippen LogP contribution < -0.4 is 14.9 Å². The molecule has 2 aromatic carbocycles. The molecule has 0 atom stereocenters. The normalized spacial score (nSPS) is 11.6. The van der Waals surface area contributed by atoms with Gasteiger partial charge >= 0.3 is 13.2 Å². The van der Waals surface area contributed by atoms with Gasteiger partial charge in [-0.25, -0.2) is 4.98 Å². The molecule has 0 bridgehead atoms. The number of fused-ring (bicyclic) bond motifs is 1. The van der Waals surface area contributed by atoms with E-state index in [-0.39, 0.29) is 17.1 Å². The Balaban J connectivity index is 1.77. The van der Waals surface area contributed by atoms with E-state index < -0.39 is 13.2 Å². The minimum Gasteiger partial charge on any atom is -0.435 e. The number of para-hydroxylation sites is 1. The molecule has 10 heteroatoms. The van der Waals surface area contributed by atoms with Crippen molar-refractivity contribution >= 4 is 32.9 Å². The van der Waals surface area contributed by atoms with Crippen molar-refractivity contribution in [1.29, 1.82) is 0 Å². The van der Waals surface area contributed by atoms with Gasteiger partial charge in [0.2, 0.25) is 5.13 Å². The van der Waals surface area contributed by atoms with Gasteiger partial charge in [-0.05, 0) is 24.3 Å². The molecule has 0 aliphatic heterocycles. The first-order valence-corrected chi connectivity index (χ1v) is 8.01. The molecule has 1 aromatic heterocycles. The molecule has 0 saturated carbocycles. The lowest BCUT2D eigenvalue weighted by Crippen LogP contribution is -2.06. The number of nitrogens with one attached hydrogen (secondary N) is 1. The molecular weight excluding hydrogens is 374 g/mol. The van der Waals surface area contributed by atoms with Gasteiger partial charge < -0.3 is 9.47 Å². The summed E-state index contributed by atoms with van der Waals surface area (Å²) in [6.07, 6.45) is 1.22. The highest BCUT2D eigenvalue weighted by atomic mass is 32.1. The molecule has 1 heterocycles. The van der Waals surface area contributed by atoms with Crippen molar-refractivity contribution in [3.8, 4) is 11.5 Å². The van der Waals surface area contributed by atoms with Gasteiger partial charge in [0.25, 0.3) is 0 Å². The summed E-state index contributed by atoms with van der Waals surface area (Å²) in [5.74, 6) is -0.639. The van der Waals surface area contributed by atoms with Gasteiger partial charge in [-0.3, -0.25) is 5.43 Å². The molecule has 26 heavy (non-hydrogen) atoms. The number of benzene rings is 2. The number of thiazole rings is 1. The second-order valence-electron chi connectivity index (χ2n) is 4.81. The van der Waals surface area contributed by atoms with Crippen LogP contribution in [0.15, 0.2) is 47.6 Å². The molecule has 3 rings (SSSR count). The van der Waals surface area contributed by atoms with Crippen molar-refractivity contribution in [2.45, 2.75) is 13.2 Å². The van der Waals surface area contributed by atoms with Crippen LogP contribution in [0.4, 0.5) is 22.7 Å². The predicted octanol–water partition coefficient (Wildman–Crippen LogP) is 4.95. The topological polar surface area (TPSA) is 55.7 Å². The quantitative estimate of drug-likeness (QED) is 0.355. The maximum atomic E-state index is 12.5. The molecule has 3 aromatic rings. The predicted molar refractivity (Wildman–Crippen MR) is 90.5 cm³/mol. The van der Waals surface area contributed by atoms with Gasteiger partial charge in [-0.2, -0.15) is 22.7 Å². The van der Waals surface area contributed by atoms with Crippen LogP contribution in [0.2, 0.25) is 0 Å². The summed E-state index contributed by atoms with van der Waals surface area (Å²) in [6.45, 7) is -6.20. The fraction of sp³-hybridized carbons (Fsp3) is 0.125. The van der Waals surface area contributed by atoms with E-state index in [9.17, 15) is 17.6 Å². The monoisotopic (exact) mass is 385 g/mol. The summed E-state index contributed by atoms with van der Waals surface area (Å²) >= 11 is 1.37. The van der Waals surface area contributed by atoms with Crippen molar-refractivity contribution in [1.82, 2.24) is 4.98 Å². The zero-order chi connectivity index (χ0) is 18.5. The Morgan fingerprint density at radius 1 is 1.04 bits per heavy atom. The Morgan fingerprint density at radius 2 is 1.81 bits per heavy atom. The average molecular weight is 385 g/mol. The molecule has 136 valence electrons. The number of aromatic nitrogens is 1. The van der Waals surface area contributed by atoms with Crippen molar-refractivity contribution < 1.29 is 27.0 Å². The van der Waals surface area contributed by atoms with Crippen LogP contribution in [-0.2, 0) is 0 Å². The van der Waals surface area contributed by atoms with E-state index in [0.717, 1.165) is 16.3 Å². The largest absolute Gasteiger partial charge is 0.435 e. The summed E-state index contributed by atoms with van der Waals surface area (Å²) in [5, 5.41) is 4.44. The molecule has 0 unspecified atom stereocenters. The fourth-order valence-corrected chi connectivity index (χ4v) is 2.89. The van der Waals surface area contributed by atoms with Crippen molar-refractivity contribution in [2.75, 3.05) is 5.43 Å². The van der Waals surface area contributed by atoms with E-state index in [1.165, 1.54) is 29.7 Å². The van der Waals surface area contributed by atoms with Crippen molar-refractivity contribution in [2.24, 2.45) is 5.10 Å². The first-order chi connectivity index (χ1) is 12.5. The van der Waals surface area contributed by atoms with Gasteiger partial charge in [0.1, 0.15) is 11.5 Å². The molecule has 5 nitrogen and oxygen atoms in total. The first kappa shape index (κ1) is 17.9. The summed E-state index contributed by atoms with van der Waals surface area (Å²) < 4.78 is 59.0. The van der Waals surface area contributed by atoms with E-state index >= 15 is 0 Å². The van der Waals surface area contributed by atoms with Gasteiger partial charge in [-0.15, -0.1) is 0 Å². The molecule has 0 aliphatic carbocycles. The lowest BCUT2D eigenvalue weighted by molar-refractivity contribution is -0.0543. The van der Waals surface area contributed by atoms with Crippen LogP contribution in [0.1, 0.15) is 5.56 Å². The third kappa shape index (κ3) is 4.60. The maximum absolute atomic E-state index is 12.5. The highest BCUT2D eigenvalue weighted by Crippen LogP contribution is 2.27. The standard InChI is InChI=1S/C16H11F4N3O2S/c17-14(18)24-10-6-5-9(12(7-10)25-15(19)20)8-21-23-16-22-11-3-1-2-4-13(11)26-16/h1-8,14-15H,(H,22,23)/b21-8+. The molecule has 0 spiro atoms. The third-order valence-corrected chi connectivity index (χ3v) is 4.03. The van der Waals surface area contributed by atoms with Crippen molar-refractivity contribution in [3.05, 3.63) is 48.0 Å². The first-order valence-electron chi connectivity index (χ1n) is 7.19. The van der Waals surface area contributed by atoms with Gasteiger partial charge in [0.15, 0.2) is 0 Å². The average Bonchev–Trinajstić information content (AvgIpc) is 2.98. The van der Waals surface area contributed by atoms with Crippen LogP contribution in [0.5, 0.6) is 11.5 Å². The summed E-state index contributed by atoms with van der Waals surface area (Å²) in [4.78, 5) is 4.30.